The van der Waals surface area contributed by atoms with Crippen molar-refractivity contribution in [3.63, 3.8) is 0 Å². The number of hydrogen-bond acceptors (Lipinski definition) is 3. The molecule has 0 fully saturated rings. The lowest BCUT2D eigenvalue weighted by Gasteiger charge is -2.21. The summed E-state index contributed by atoms with van der Waals surface area (Å²) in [6.45, 7) is 4.86. The fourth-order valence-electron chi connectivity index (χ4n) is 7.81. The van der Waals surface area contributed by atoms with Crippen molar-refractivity contribution in [1.82, 2.24) is 14.5 Å². The smallest absolute Gasteiger partial charge is 0.160 e. The molecule has 6 aromatic carbocycles. The summed E-state index contributed by atoms with van der Waals surface area (Å²) in [5.74, 6) is 0.764. The lowest BCUT2D eigenvalue weighted by atomic mass is 10.1. The first kappa shape index (κ1) is 26.4. The first-order valence-corrected chi connectivity index (χ1v) is 19.1. The van der Waals surface area contributed by atoms with Crippen LogP contribution in [0.2, 0.25) is 13.1 Å². The Hall–Kier alpha value is -5.78. The molecule has 4 nitrogen and oxygen atoms in total. The van der Waals surface area contributed by atoms with Crippen LogP contribution in [-0.4, -0.2) is 22.6 Å². The highest BCUT2D eigenvalue weighted by molar-refractivity contribution is 7.04. The molecule has 0 saturated heterocycles. The largest absolute Gasteiger partial charge is 0.454 e. The van der Waals surface area contributed by atoms with Crippen LogP contribution in [0.4, 0.5) is 0 Å². The van der Waals surface area contributed by atoms with E-state index in [9.17, 15) is 0 Å². The number of fused-ring (bicyclic) bond motifs is 10. The molecule has 3 aromatic heterocycles. The molecule has 0 unspecified atom stereocenters. The van der Waals surface area contributed by atoms with E-state index in [-0.39, 0.29) is 0 Å². The first-order valence-electron chi connectivity index (χ1n) is 16.1. The van der Waals surface area contributed by atoms with Crippen molar-refractivity contribution in [3.8, 4) is 39.6 Å². The summed E-state index contributed by atoms with van der Waals surface area (Å²) in [6, 6.07) is 49.5. The van der Waals surface area contributed by atoms with Gasteiger partial charge in [0.25, 0.3) is 0 Å². The van der Waals surface area contributed by atoms with Gasteiger partial charge in [-0.25, -0.2) is 9.97 Å². The van der Waals surface area contributed by atoms with Gasteiger partial charge in [-0.3, -0.25) is 0 Å². The summed E-state index contributed by atoms with van der Waals surface area (Å²) >= 11 is 0. The van der Waals surface area contributed by atoms with Crippen molar-refractivity contribution in [2.45, 2.75) is 13.1 Å². The van der Waals surface area contributed by atoms with Gasteiger partial charge in [0, 0.05) is 38.4 Å². The van der Waals surface area contributed by atoms with E-state index in [1.54, 1.807) is 0 Å². The van der Waals surface area contributed by atoms with Crippen LogP contribution in [0.3, 0.4) is 0 Å². The molecule has 4 heterocycles. The van der Waals surface area contributed by atoms with E-state index in [1.165, 1.54) is 26.7 Å². The summed E-state index contributed by atoms with van der Waals surface area (Å²) in [6.07, 6.45) is 0. The van der Waals surface area contributed by atoms with Gasteiger partial charge in [-0.05, 0) is 46.3 Å². The molecule has 0 aliphatic carbocycles. The minimum atomic E-state index is -2.06. The highest BCUT2D eigenvalue weighted by atomic mass is 28.3. The van der Waals surface area contributed by atoms with Crippen LogP contribution in [0.5, 0.6) is 0 Å². The van der Waals surface area contributed by atoms with Crippen LogP contribution in [0.25, 0.3) is 83.3 Å². The fourth-order valence-corrected chi connectivity index (χ4v) is 11.0. The topological polar surface area (TPSA) is 43.9 Å². The number of para-hydroxylation sites is 2. The van der Waals surface area contributed by atoms with Crippen LogP contribution in [0.15, 0.2) is 144 Å². The molecule has 0 N–H and O–H groups in total. The first-order chi connectivity index (χ1) is 23.1. The number of nitrogens with zero attached hydrogens (tertiary/aromatic N) is 3. The molecule has 0 bridgehead atoms. The van der Waals surface area contributed by atoms with E-state index >= 15 is 0 Å². The number of rotatable bonds is 3. The summed E-state index contributed by atoms with van der Waals surface area (Å²) in [5, 5.41) is 7.39. The summed E-state index contributed by atoms with van der Waals surface area (Å²) in [4.78, 5) is 10.6. The van der Waals surface area contributed by atoms with E-state index in [0.29, 0.717) is 0 Å². The van der Waals surface area contributed by atoms with Crippen molar-refractivity contribution in [1.29, 1.82) is 0 Å². The highest BCUT2D eigenvalue weighted by Crippen LogP contribution is 2.40. The Morgan fingerprint density at radius 3 is 2.09 bits per heavy atom. The second-order valence-electron chi connectivity index (χ2n) is 13.0. The van der Waals surface area contributed by atoms with Gasteiger partial charge in [0.15, 0.2) is 11.4 Å². The quantitative estimate of drug-likeness (QED) is 0.185. The van der Waals surface area contributed by atoms with Crippen LogP contribution < -0.4 is 10.4 Å². The maximum atomic E-state index is 6.58. The van der Waals surface area contributed by atoms with Crippen molar-refractivity contribution < 1.29 is 4.42 Å². The van der Waals surface area contributed by atoms with Crippen LogP contribution in [0.1, 0.15) is 0 Å². The second-order valence-corrected chi connectivity index (χ2v) is 17.3. The van der Waals surface area contributed by atoms with E-state index in [0.717, 1.165) is 67.0 Å². The summed E-state index contributed by atoms with van der Waals surface area (Å²) in [5.41, 5.74) is 10.6. The molecule has 0 atom stereocenters. The minimum absolute atomic E-state index is 0.764. The van der Waals surface area contributed by atoms with Crippen molar-refractivity contribution in [3.05, 3.63) is 140 Å². The van der Waals surface area contributed by atoms with Gasteiger partial charge < -0.3 is 8.98 Å². The van der Waals surface area contributed by atoms with E-state index in [4.69, 9.17) is 14.4 Å². The third-order valence-electron chi connectivity index (χ3n) is 10.00. The molecule has 222 valence electrons. The number of benzene rings is 6. The van der Waals surface area contributed by atoms with Gasteiger partial charge in [0.2, 0.25) is 0 Å². The molecule has 0 spiro atoms. The van der Waals surface area contributed by atoms with Gasteiger partial charge in [-0.2, -0.15) is 0 Å². The van der Waals surface area contributed by atoms with Crippen LogP contribution in [0, 0.1) is 0 Å². The number of aromatic nitrogens is 3. The molecular weight excluding hydrogens is 591 g/mol. The lowest BCUT2D eigenvalue weighted by molar-refractivity contribution is 0.671. The van der Waals surface area contributed by atoms with E-state index in [1.807, 2.05) is 12.1 Å². The minimum Gasteiger partial charge on any atom is -0.454 e. The van der Waals surface area contributed by atoms with Gasteiger partial charge in [-0.1, -0.05) is 122 Å². The molecule has 5 heteroatoms. The maximum absolute atomic E-state index is 6.58. The Morgan fingerprint density at radius 2 is 1.23 bits per heavy atom. The number of furan rings is 1. The normalized spacial score (nSPS) is 13.5. The average molecular weight is 620 g/mol. The van der Waals surface area contributed by atoms with Crippen LogP contribution in [-0.2, 0) is 0 Å². The molecule has 10 rings (SSSR count). The fraction of sp³-hybridized carbons (Fsp3) is 0.0476. The maximum Gasteiger partial charge on any atom is 0.160 e. The standard InChI is InChI=1S/C42H29N3OSi/c1-47(2)36-19-11-8-16-33(36)38-41(47)37(43-42(44-38)27-12-4-3-5-13-27)26-20-22-28(23-21-26)45-34-17-9-6-14-29(34)31-24-25-32-30-15-7-10-18-35(30)46-40(32)39(31)45/h3-25H,1-2H3. The molecule has 0 radical (unpaired) electrons. The van der Waals surface area contributed by atoms with Gasteiger partial charge in [0.1, 0.15) is 13.7 Å². The van der Waals surface area contributed by atoms with Crippen molar-refractivity contribution >= 4 is 62.2 Å². The third-order valence-corrected chi connectivity index (χ3v) is 13.5. The molecule has 0 saturated carbocycles. The lowest BCUT2D eigenvalue weighted by Crippen LogP contribution is -2.50. The third kappa shape index (κ3) is 3.69. The van der Waals surface area contributed by atoms with Crippen molar-refractivity contribution in [2.24, 2.45) is 0 Å². The molecule has 47 heavy (non-hydrogen) atoms. The van der Waals surface area contributed by atoms with Gasteiger partial charge in [0.05, 0.1) is 22.4 Å². The SMILES string of the molecule is C[Si]1(C)c2ccccc2-c2nc(-c3ccccc3)nc(-c3ccc(-n4c5ccccc5c5ccc6c7ccccc7oc6c54)cc3)c21. The molecule has 1 aliphatic rings. The van der Waals surface area contributed by atoms with E-state index in [2.05, 4.69) is 145 Å². The summed E-state index contributed by atoms with van der Waals surface area (Å²) in [7, 11) is -2.06. The van der Waals surface area contributed by atoms with Crippen LogP contribution >= 0.6 is 0 Å². The summed E-state index contributed by atoms with van der Waals surface area (Å²) < 4.78 is 8.93. The molecule has 1 aliphatic heterocycles. The van der Waals surface area contributed by atoms with Gasteiger partial charge in [-0.15, -0.1) is 0 Å². The molecular formula is C42H29N3OSi. The number of hydrogen-bond donors (Lipinski definition) is 0. The van der Waals surface area contributed by atoms with Crippen molar-refractivity contribution in [2.75, 3.05) is 0 Å². The Labute approximate surface area is 272 Å². The Balaban J connectivity index is 1.21. The Morgan fingerprint density at radius 1 is 0.553 bits per heavy atom. The Bertz CT molecular complexity index is 2700. The molecule has 9 aromatic rings. The highest BCUT2D eigenvalue weighted by Gasteiger charge is 2.41. The monoisotopic (exact) mass is 619 g/mol. The molecule has 0 amide bonds. The zero-order valence-electron chi connectivity index (χ0n) is 26.0. The zero-order valence-corrected chi connectivity index (χ0v) is 27.0. The predicted octanol–water partition coefficient (Wildman–Crippen LogP) is 9.61. The zero-order chi connectivity index (χ0) is 31.3. The second kappa shape index (κ2) is 9.61. The Kier molecular flexibility index (Phi) is 5.41. The van der Waals surface area contributed by atoms with E-state index < -0.39 is 8.07 Å². The average Bonchev–Trinajstić information content (AvgIpc) is 3.74. The predicted molar refractivity (Wildman–Crippen MR) is 197 cm³/mol. The van der Waals surface area contributed by atoms with Gasteiger partial charge >= 0.3 is 0 Å².